The number of carbonyl (C=O) groups is 1. The van der Waals surface area contributed by atoms with E-state index in [9.17, 15) is 4.79 Å². The maximum absolute atomic E-state index is 11.1. The molecule has 0 atom stereocenters. The van der Waals surface area contributed by atoms with Crippen LogP contribution in [0.25, 0.3) is 0 Å². The smallest absolute Gasteiger partial charge is 0.161 e. The molecule has 0 amide bonds. The van der Waals surface area contributed by atoms with Gasteiger partial charge >= 0.3 is 0 Å². The lowest BCUT2D eigenvalue weighted by molar-refractivity contribution is -0.126. The molecule has 48 valence electrons. The molecule has 0 aromatic heterocycles. The van der Waals surface area contributed by atoms with E-state index in [1.54, 1.807) is 0 Å². The van der Waals surface area contributed by atoms with E-state index >= 15 is 0 Å². The second kappa shape index (κ2) is 1.47. The van der Waals surface area contributed by atoms with Crippen LogP contribution < -0.4 is 0 Å². The Morgan fingerprint density at radius 3 is 2.44 bits per heavy atom. The van der Waals surface area contributed by atoms with E-state index in [0.717, 1.165) is 30.8 Å². The van der Waals surface area contributed by atoms with Crippen molar-refractivity contribution in [3.05, 3.63) is 12.2 Å². The molecule has 0 unspecified atom stereocenters. The molecule has 0 aliphatic heterocycles. The zero-order chi connectivity index (χ0) is 6.43. The molecular formula is C8H10O. The highest BCUT2D eigenvalue weighted by atomic mass is 16.1. The summed E-state index contributed by atoms with van der Waals surface area (Å²) in [7, 11) is 0. The average Bonchev–Trinajstić information content (AvgIpc) is 1.72. The number of fused-ring (bicyclic) bond motifs is 2. The number of rotatable bonds is 0. The number of allylic oxidation sites excluding steroid dienone is 1. The molecule has 2 bridgehead atoms. The highest BCUT2D eigenvalue weighted by molar-refractivity contribution is 5.98. The minimum absolute atomic E-state index is 0.345. The molecule has 3 aliphatic rings. The quantitative estimate of drug-likeness (QED) is 0.445. The fraction of sp³-hybridized carbons (Fsp3) is 0.625. The van der Waals surface area contributed by atoms with Crippen LogP contribution in [0, 0.1) is 11.8 Å². The van der Waals surface area contributed by atoms with E-state index in [4.69, 9.17) is 0 Å². The maximum Gasteiger partial charge on any atom is 0.161 e. The first-order chi connectivity index (χ1) is 4.27. The summed E-state index contributed by atoms with van der Waals surface area (Å²) >= 11 is 0. The molecule has 3 saturated carbocycles. The first-order valence-corrected chi connectivity index (χ1v) is 3.49. The van der Waals surface area contributed by atoms with Crippen LogP contribution in [0.1, 0.15) is 19.3 Å². The first kappa shape index (κ1) is 5.21. The summed E-state index contributed by atoms with van der Waals surface area (Å²) in [5, 5.41) is 0. The number of ketones is 1. The van der Waals surface area contributed by atoms with Crippen molar-refractivity contribution < 1.29 is 4.79 Å². The van der Waals surface area contributed by atoms with Crippen LogP contribution in [0.15, 0.2) is 12.2 Å². The Hall–Kier alpha value is -0.590. The molecule has 0 spiro atoms. The van der Waals surface area contributed by atoms with E-state index in [-0.39, 0.29) is 0 Å². The third-order valence-corrected chi connectivity index (χ3v) is 2.49. The van der Waals surface area contributed by atoms with Gasteiger partial charge < -0.3 is 0 Å². The molecule has 0 aromatic rings. The van der Waals surface area contributed by atoms with Crippen molar-refractivity contribution in [1.82, 2.24) is 0 Å². The first-order valence-electron chi connectivity index (χ1n) is 3.49. The van der Waals surface area contributed by atoms with Crippen LogP contribution in [0.4, 0.5) is 0 Å². The standard InChI is InChI=1S/C8H10O/c1-5-2-6-3-7(4-6)8(5)9/h6-7H,1-4H2. The van der Waals surface area contributed by atoms with Crippen molar-refractivity contribution in [2.75, 3.05) is 0 Å². The molecule has 0 heterocycles. The van der Waals surface area contributed by atoms with Crippen LogP contribution in [0.2, 0.25) is 0 Å². The van der Waals surface area contributed by atoms with Gasteiger partial charge in [-0.05, 0) is 30.8 Å². The molecule has 9 heavy (non-hydrogen) atoms. The van der Waals surface area contributed by atoms with Gasteiger partial charge in [-0.25, -0.2) is 0 Å². The van der Waals surface area contributed by atoms with E-state index in [1.165, 1.54) is 0 Å². The lowest BCUT2D eigenvalue weighted by atomic mass is 9.63. The van der Waals surface area contributed by atoms with Gasteiger partial charge in [-0.2, -0.15) is 0 Å². The summed E-state index contributed by atoms with van der Waals surface area (Å²) in [4.78, 5) is 11.1. The number of Topliss-reactive ketones (excluding diaryl/α,β-unsaturated/α-hetero) is 1. The second-order valence-corrected chi connectivity index (χ2v) is 3.21. The number of hydrogen-bond donors (Lipinski definition) is 0. The summed E-state index contributed by atoms with van der Waals surface area (Å²) in [5.74, 6) is 1.55. The largest absolute Gasteiger partial charge is 0.294 e. The predicted molar refractivity (Wildman–Crippen MR) is 35.0 cm³/mol. The molecule has 3 rings (SSSR count). The Morgan fingerprint density at radius 2 is 2.11 bits per heavy atom. The monoisotopic (exact) mass is 122 g/mol. The molecule has 1 heteroatoms. The molecule has 3 aliphatic carbocycles. The maximum atomic E-state index is 11.1. The molecule has 0 saturated heterocycles. The summed E-state index contributed by atoms with van der Waals surface area (Å²) < 4.78 is 0. The Labute approximate surface area is 54.8 Å². The van der Waals surface area contributed by atoms with Gasteiger partial charge in [0.15, 0.2) is 5.78 Å². The van der Waals surface area contributed by atoms with E-state index in [0.29, 0.717) is 11.7 Å². The van der Waals surface area contributed by atoms with Gasteiger partial charge in [0.1, 0.15) is 0 Å². The van der Waals surface area contributed by atoms with Gasteiger partial charge in [-0.3, -0.25) is 4.79 Å². The van der Waals surface area contributed by atoms with Crippen molar-refractivity contribution in [3.8, 4) is 0 Å². The molecule has 1 nitrogen and oxygen atoms in total. The highest BCUT2D eigenvalue weighted by Gasteiger charge is 2.40. The molecule has 0 N–H and O–H groups in total. The lowest BCUT2D eigenvalue weighted by Gasteiger charge is -2.40. The molecular weight excluding hydrogens is 112 g/mol. The van der Waals surface area contributed by atoms with Gasteiger partial charge in [-0.1, -0.05) is 6.58 Å². The Kier molecular flexibility index (Phi) is 0.850. The molecule has 3 fully saturated rings. The number of carbonyl (C=O) groups excluding carboxylic acids is 1. The fourth-order valence-corrected chi connectivity index (χ4v) is 1.85. The van der Waals surface area contributed by atoms with Crippen LogP contribution in [-0.2, 0) is 4.79 Å². The summed E-state index contributed by atoms with van der Waals surface area (Å²) in [6, 6.07) is 0. The summed E-state index contributed by atoms with van der Waals surface area (Å²) in [6.07, 6.45) is 3.28. The lowest BCUT2D eigenvalue weighted by Crippen LogP contribution is -2.37. The van der Waals surface area contributed by atoms with E-state index < -0.39 is 0 Å². The normalized spacial score (nSPS) is 40.4. The van der Waals surface area contributed by atoms with Crippen molar-refractivity contribution in [2.24, 2.45) is 11.8 Å². The van der Waals surface area contributed by atoms with Gasteiger partial charge in [0, 0.05) is 5.92 Å². The zero-order valence-electron chi connectivity index (χ0n) is 5.39. The predicted octanol–water partition coefficient (Wildman–Crippen LogP) is 1.54. The zero-order valence-corrected chi connectivity index (χ0v) is 5.39. The van der Waals surface area contributed by atoms with Crippen molar-refractivity contribution >= 4 is 5.78 Å². The van der Waals surface area contributed by atoms with Crippen LogP contribution in [0.5, 0.6) is 0 Å². The van der Waals surface area contributed by atoms with Gasteiger partial charge in [0.25, 0.3) is 0 Å². The minimum atomic E-state index is 0.345. The fourth-order valence-electron chi connectivity index (χ4n) is 1.85. The van der Waals surface area contributed by atoms with E-state index in [1.807, 2.05) is 0 Å². The van der Waals surface area contributed by atoms with Crippen molar-refractivity contribution in [2.45, 2.75) is 19.3 Å². The van der Waals surface area contributed by atoms with Gasteiger partial charge in [0.2, 0.25) is 0 Å². The third-order valence-electron chi connectivity index (χ3n) is 2.49. The van der Waals surface area contributed by atoms with E-state index in [2.05, 4.69) is 6.58 Å². The Balaban J connectivity index is 2.22. The van der Waals surface area contributed by atoms with Crippen molar-refractivity contribution in [3.63, 3.8) is 0 Å². The second-order valence-electron chi connectivity index (χ2n) is 3.21. The Morgan fingerprint density at radius 1 is 1.44 bits per heavy atom. The van der Waals surface area contributed by atoms with Crippen LogP contribution >= 0.6 is 0 Å². The SMILES string of the molecule is C=C1CC2CC(C2)C1=O. The minimum Gasteiger partial charge on any atom is -0.294 e. The topological polar surface area (TPSA) is 17.1 Å². The Bertz CT molecular complexity index is 175. The highest BCUT2D eigenvalue weighted by Crippen LogP contribution is 2.44. The number of hydrogen-bond acceptors (Lipinski definition) is 1. The molecule has 0 radical (unpaired) electrons. The van der Waals surface area contributed by atoms with Gasteiger partial charge in [-0.15, -0.1) is 0 Å². The van der Waals surface area contributed by atoms with Crippen molar-refractivity contribution in [1.29, 1.82) is 0 Å². The summed E-state index contributed by atoms with van der Waals surface area (Å²) in [6.45, 7) is 3.73. The average molecular weight is 122 g/mol. The van der Waals surface area contributed by atoms with Crippen LogP contribution in [-0.4, -0.2) is 5.78 Å². The third kappa shape index (κ3) is 0.576. The molecule has 0 aromatic carbocycles. The van der Waals surface area contributed by atoms with Gasteiger partial charge in [0.05, 0.1) is 0 Å². The summed E-state index contributed by atoms with van der Waals surface area (Å²) in [5.41, 5.74) is 0.877. The van der Waals surface area contributed by atoms with Crippen LogP contribution in [0.3, 0.4) is 0 Å².